The Morgan fingerprint density at radius 3 is 2.90 bits per heavy atom. The Labute approximate surface area is 124 Å². The van der Waals surface area contributed by atoms with Crippen molar-refractivity contribution in [1.82, 2.24) is 14.8 Å². The van der Waals surface area contributed by atoms with Crippen molar-refractivity contribution in [2.24, 2.45) is 0 Å². The lowest BCUT2D eigenvalue weighted by atomic mass is 10.1. The Morgan fingerprint density at radius 1 is 1.14 bits per heavy atom. The molecular weight excluding hydrogens is 260 g/mol. The van der Waals surface area contributed by atoms with E-state index >= 15 is 0 Å². The molecule has 0 amide bonds. The molecule has 0 aliphatic rings. The number of aromatic nitrogens is 3. The van der Waals surface area contributed by atoms with Crippen LogP contribution in [0.3, 0.4) is 0 Å². The van der Waals surface area contributed by atoms with Crippen LogP contribution in [0.1, 0.15) is 16.7 Å². The monoisotopic (exact) mass is 278 g/mol. The highest BCUT2D eigenvalue weighted by atomic mass is 15.3. The number of pyridine rings is 1. The van der Waals surface area contributed by atoms with Gasteiger partial charge in [0.15, 0.2) is 0 Å². The molecule has 4 nitrogen and oxygen atoms in total. The van der Waals surface area contributed by atoms with Gasteiger partial charge in [0.1, 0.15) is 0 Å². The molecule has 1 aromatic carbocycles. The molecule has 0 radical (unpaired) electrons. The molecule has 0 saturated heterocycles. The first-order valence-corrected chi connectivity index (χ1v) is 7.01. The maximum Gasteiger partial charge on any atom is 0.0660 e. The van der Waals surface area contributed by atoms with Crippen LogP contribution in [-0.2, 0) is 13.1 Å². The fourth-order valence-corrected chi connectivity index (χ4v) is 2.24. The second-order valence-electron chi connectivity index (χ2n) is 5.06. The van der Waals surface area contributed by atoms with Crippen molar-refractivity contribution in [2.45, 2.75) is 20.0 Å². The van der Waals surface area contributed by atoms with E-state index in [1.807, 2.05) is 35.4 Å². The zero-order valence-corrected chi connectivity index (χ0v) is 12.0. The summed E-state index contributed by atoms with van der Waals surface area (Å²) in [5.74, 6) is 0. The lowest BCUT2D eigenvalue weighted by molar-refractivity contribution is 0.687. The minimum atomic E-state index is 0.783. The van der Waals surface area contributed by atoms with Gasteiger partial charge in [-0.15, -0.1) is 0 Å². The van der Waals surface area contributed by atoms with Crippen LogP contribution in [0.4, 0.5) is 5.69 Å². The molecule has 2 aromatic heterocycles. The third-order valence-corrected chi connectivity index (χ3v) is 3.46. The lowest BCUT2D eigenvalue weighted by Gasteiger charge is -2.10. The van der Waals surface area contributed by atoms with Crippen LogP contribution in [0, 0.1) is 6.92 Å². The summed E-state index contributed by atoms with van der Waals surface area (Å²) in [6, 6.07) is 12.4. The molecule has 0 spiro atoms. The van der Waals surface area contributed by atoms with Gasteiger partial charge in [0.05, 0.1) is 6.54 Å². The van der Waals surface area contributed by atoms with Crippen molar-refractivity contribution in [1.29, 1.82) is 0 Å². The number of aryl methyl sites for hydroxylation is 1. The first kappa shape index (κ1) is 13.4. The van der Waals surface area contributed by atoms with Crippen molar-refractivity contribution in [3.05, 3.63) is 77.9 Å². The summed E-state index contributed by atoms with van der Waals surface area (Å²) in [4.78, 5) is 4.17. The number of anilines is 1. The Bertz CT molecular complexity index is 704. The highest BCUT2D eigenvalue weighted by Gasteiger charge is 2.00. The lowest BCUT2D eigenvalue weighted by Crippen LogP contribution is -2.03. The van der Waals surface area contributed by atoms with Crippen molar-refractivity contribution >= 4 is 5.69 Å². The van der Waals surface area contributed by atoms with Gasteiger partial charge in [-0.2, -0.15) is 5.10 Å². The van der Waals surface area contributed by atoms with Crippen molar-refractivity contribution in [3.8, 4) is 0 Å². The molecule has 0 unspecified atom stereocenters. The van der Waals surface area contributed by atoms with Gasteiger partial charge < -0.3 is 5.32 Å². The van der Waals surface area contributed by atoms with Crippen LogP contribution in [-0.4, -0.2) is 14.8 Å². The molecule has 0 aliphatic carbocycles. The van der Waals surface area contributed by atoms with E-state index in [1.165, 1.54) is 16.7 Å². The van der Waals surface area contributed by atoms with E-state index in [0.717, 1.165) is 18.8 Å². The predicted molar refractivity (Wildman–Crippen MR) is 84.1 cm³/mol. The SMILES string of the molecule is Cc1ccncc1CNc1cccc(Cn2cccn2)c1. The van der Waals surface area contributed by atoms with Gasteiger partial charge in [0, 0.05) is 37.0 Å². The number of benzene rings is 1. The normalized spacial score (nSPS) is 10.5. The molecule has 0 bridgehead atoms. The van der Waals surface area contributed by atoms with Gasteiger partial charge in [-0.3, -0.25) is 9.67 Å². The molecule has 4 heteroatoms. The predicted octanol–water partition coefficient (Wildman–Crippen LogP) is 3.25. The number of rotatable bonds is 5. The summed E-state index contributed by atoms with van der Waals surface area (Å²) < 4.78 is 1.92. The third-order valence-electron chi connectivity index (χ3n) is 3.46. The molecule has 0 atom stereocenters. The highest BCUT2D eigenvalue weighted by Crippen LogP contribution is 2.14. The number of nitrogens with one attached hydrogen (secondary N) is 1. The second kappa shape index (κ2) is 6.22. The van der Waals surface area contributed by atoms with Crippen LogP contribution in [0.25, 0.3) is 0 Å². The summed E-state index contributed by atoms with van der Waals surface area (Å²) in [5.41, 5.74) is 4.81. The molecule has 106 valence electrons. The second-order valence-corrected chi connectivity index (χ2v) is 5.06. The Morgan fingerprint density at radius 2 is 2.10 bits per heavy atom. The maximum absolute atomic E-state index is 4.23. The minimum absolute atomic E-state index is 0.783. The first-order chi connectivity index (χ1) is 10.3. The number of hydrogen-bond donors (Lipinski definition) is 1. The van der Waals surface area contributed by atoms with E-state index in [4.69, 9.17) is 0 Å². The smallest absolute Gasteiger partial charge is 0.0660 e. The Hall–Kier alpha value is -2.62. The topological polar surface area (TPSA) is 42.7 Å². The summed E-state index contributed by atoms with van der Waals surface area (Å²) >= 11 is 0. The van der Waals surface area contributed by atoms with Crippen molar-refractivity contribution in [3.63, 3.8) is 0 Å². The largest absolute Gasteiger partial charge is 0.381 e. The fraction of sp³-hybridized carbons (Fsp3) is 0.176. The van der Waals surface area contributed by atoms with E-state index in [0.29, 0.717) is 0 Å². The average Bonchev–Trinajstić information content (AvgIpc) is 3.00. The summed E-state index contributed by atoms with van der Waals surface area (Å²) in [6.45, 7) is 3.67. The number of nitrogens with zero attached hydrogens (tertiary/aromatic N) is 3. The van der Waals surface area contributed by atoms with Gasteiger partial charge in [0.2, 0.25) is 0 Å². The van der Waals surface area contributed by atoms with Crippen LogP contribution < -0.4 is 5.32 Å². The van der Waals surface area contributed by atoms with Crippen molar-refractivity contribution in [2.75, 3.05) is 5.32 Å². The van der Waals surface area contributed by atoms with Gasteiger partial charge in [-0.05, 0) is 47.9 Å². The zero-order chi connectivity index (χ0) is 14.5. The molecular formula is C17H18N4. The number of hydrogen-bond acceptors (Lipinski definition) is 3. The summed E-state index contributed by atoms with van der Waals surface area (Å²) in [6.07, 6.45) is 7.51. The quantitative estimate of drug-likeness (QED) is 0.779. The van der Waals surface area contributed by atoms with E-state index in [-0.39, 0.29) is 0 Å². The Balaban J connectivity index is 1.67. The Kier molecular flexibility index (Phi) is 3.96. The van der Waals surface area contributed by atoms with Gasteiger partial charge in [-0.25, -0.2) is 0 Å². The molecule has 2 heterocycles. The zero-order valence-electron chi connectivity index (χ0n) is 12.0. The van der Waals surface area contributed by atoms with E-state index in [1.54, 1.807) is 6.20 Å². The van der Waals surface area contributed by atoms with Gasteiger partial charge >= 0.3 is 0 Å². The fourth-order valence-electron chi connectivity index (χ4n) is 2.24. The molecule has 0 fully saturated rings. The summed E-state index contributed by atoms with van der Waals surface area (Å²) in [5, 5.41) is 7.69. The molecule has 0 aliphatic heterocycles. The van der Waals surface area contributed by atoms with Gasteiger partial charge in [-0.1, -0.05) is 12.1 Å². The van der Waals surface area contributed by atoms with Crippen LogP contribution in [0.15, 0.2) is 61.2 Å². The van der Waals surface area contributed by atoms with Crippen LogP contribution in [0.2, 0.25) is 0 Å². The molecule has 3 rings (SSSR count). The van der Waals surface area contributed by atoms with Crippen LogP contribution in [0.5, 0.6) is 0 Å². The molecule has 3 aromatic rings. The summed E-state index contributed by atoms with van der Waals surface area (Å²) in [7, 11) is 0. The minimum Gasteiger partial charge on any atom is -0.381 e. The van der Waals surface area contributed by atoms with Crippen molar-refractivity contribution < 1.29 is 0 Å². The van der Waals surface area contributed by atoms with E-state index in [2.05, 4.69) is 46.6 Å². The standard InChI is InChI=1S/C17H18N4/c1-14-6-8-18-11-16(14)12-19-17-5-2-4-15(10-17)13-21-9-3-7-20-21/h2-11,19H,12-13H2,1H3. The molecule has 0 saturated carbocycles. The highest BCUT2D eigenvalue weighted by molar-refractivity contribution is 5.46. The van der Waals surface area contributed by atoms with Gasteiger partial charge in [0.25, 0.3) is 0 Å². The van der Waals surface area contributed by atoms with E-state index in [9.17, 15) is 0 Å². The molecule has 21 heavy (non-hydrogen) atoms. The van der Waals surface area contributed by atoms with Crippen LogP contribution >= 0.6 is 0 Å². The molecule has 1 N–H and O–H groups in total. The van der Waals surface area contributed by atoms with E-state index < -0.39 is 0 Å². The third kappa shape index (κ3) is 3.48. The first-order valence-electron chi connectivity index (χ1n) is 7.01. The average molecular weight is 278 g/mol. The maximum atomic E-state index is 4.23.